The van der Waals surface area contributed by atoms with E-state index in [4.69, 9.17) is 10.2 Å². The highest BCUT2D eigenvalue weighted by Gasteiger charge is 1.88. The van der Waals surface area contributed by atoms with E-state index in [-0.39, 0.29) is 0 Å². The standard InChI is InChI=1S/C4H4O4.C3H7NO2/c5-3(6)1-2-4(7)8;1-2-6-3(4)5/h1-2H,(H,5,6)(H,7,8);2H2,1H3,(H2,4,5)/b2-1-;. The molecule has 0 heterocycles. The summed E-state index contributed by atoms with van der Waals surface area (Å²) in [5.74, 6) is -2.51. The van der Waals surface area contributed by atoms with Crippen molar-refractivity contribution in [1.29, 1.82) is 0 Å². The van der Waals surface area contributed by atoms with Gasteiger partial charge in [0.1, 0.15) is 0 Å². The summed E-state index contributed by atoms with van der Waals surface area (Å²) in [7, 11) is 0. The van der Waals surface area contributed by atoms with Gasteiger partial charge in [-0.15, -0.1) is 0 Å². The third-order valence-corrected chi connectivity index (χ3v) is 0.655. The lowest BCUT2D eigenvalue weighted by Gasteiger charge is -1.89. The Labute approximate surface area is 79.8 Å². The van der Waals surface area contributed by atoms with Crippen LogP contribution in [0.1, 0.15) is 6.92 Å². The SMILES string of the molecule is CCOC(N)=O.O=C(O)/C=C\C(=O)O. The van der Waals surface area contributed by atoms with Gasteiger partial charge in [0.25, 0.3) is 0 Å². The van der Waals surface area contributed by atoms with Crippen LogP contribution in [0.5, 0.6) is 0 Å². The maximum absolute atomic E-state index is 9.60. The molecule has 1 amide bonds. The molecule has 0 aliphatic heterocycles. The highest BCUT2D eigenvalue weighted by atomic mass is 16.5. The van der Waals surface area contributed by atoms with Crippen LogP contribution in [0.2, 0.25) is 0 Å². The van der Waals surface area contributed by atoms with E-state index < -0.39 is 18.0 Å². The minimum absolute atomic E-state index is 0.356. The summed E-state index contributed by atoms with van der Waals surface area (Å²) in [6, 6.07) is 0. The first kappa shape index (κ1) is 14.5. The van der Waals surface area contributed by atoms with Gasteiger partial charge in [0.05, 0.1) is 6.61 Å². The molecule has 0 atom stereocenters. The van der Waals surface area contributed by atoms with E-state index in [1.54, 1.807) is 6.92 Å². The molecule has 7 heteroatoms. The maximum Gasteiger partial charge on any atom is 0.404 e. The second kappa shape index (κ2) is 9.04. The fourth-order valence-electron chi connectivity index (χ4n) is 0.285. The van der Waals surface area contributed by atoms with Gasteiger partial charge in [-0.3, -0.25) is 0 Å². The predicted molar refractivity (Wildman–Crippen MR) is 45.6 cm³/mol. The molecule has 0 aromatic heterocycles. The summed E-state index contributed by atoms with van der Waals surface area (Å²) in [4.78, 5) is 28.7. The molecule has 0 unspecified atom stereocenters. The summed E-state index contributed by atoms with van der Waals surface area (Å²) in [5.41, 5.74) is 4.54. The van der Waals surface area contributed by atoms with Crippen molar-refractivity contribution in [2.24, 2.45) is 5.73 Å². The van der Waals surface area contributed by atoms with Gasteiger partial charge in [0.2, 0.25) is 0 Å². The van der Waals surface area contributed by atoms with E-state index in [1.807, 2.05) is 0 Å². The Morgan fingerprint density at radius 3 is 1.64 bits per heavy atom. The highest BCUT2D eigenvalue weighted by Crippen LogP contribution is 1.70. The quantitative estimate of drug-likeness (QED) is 0.548. The van der Waals surface area contributed by atoms with E-state index in [9.17, 15) is 14.4 Å². The van der Waals surface area contributed by atoms with Crippen LogP contribution < -0.4 is 5.73 Å². The average molecular weight is 205 g/mol. The van der Waals surface area contributed by atoms with Crippen LogP contribution in [0.4, 0.5) is 4.79 Å². The number of aliphatic carboxylic acids is 2. The lowest BCUT2D eigenvalue weighted by Crippen LogP contribution is -2.11. The van der Waals surface area contributed by atoms with Gasteiger partial charge in [-0.1, -0.05) is 0 Å². The molecule has 0 aromatic carbocycles. The Morgan fingerprint density at radius 1 is 1.21 bits per heavy atom. The average Bonchev–Trinajstić information content (AvgIpc) is 2.01. The van der Waals surface area contributed by atoms with Crippen molar-refractivity contribution in [3.8, 4) is 0 Å². The first-order valence-corrected chi connectivity index (χ1v) is 3.46. The minimum Gasteiger partial charge on any atom is -0.478 e. The van der Waals surface area contributed by atoms with Crippen molar-refractivity contribution in [2.75, 3.05) is 6.61 Å². The lowest BCUT2D eigenvalue weighted by molar-refractivity contribution is -0.134. The van der Waals surface area contributed by atoms with E-state index in [0.29, 0.717) is 18.8 Å². The molecule has 0 aromatic rings. The van der Waals surface area contributed by atoms with Crippen LogP contribution in [0.15, 0.2) is 12.2 Å². The molecule has 0 spiro atoms. The number of carbonyl (C=O) groups excluding carboxylic acids is 1. The fraction of sp³-hybridized carbons (Fsp3) is 0.286. The van der Waals surface area contributed by atoms with Crippen LogP contribution in [0, 0.1) is 0 Å². The topological polar surface area (TPSA) is 127 Å². The third-order valence-electron chi connectivity index (χ3n) is 0.655. The molecule has 0 bridgehead atoms. The highest BCUT2D eigenvalue weighted by molar-refractivity contribution is 5.89. The smallest absolute Gasteiger partial charge is 0.404 e. The summed E-state index contributed by atoms with van der Waals surface area (Å²) >= 11 is 0. The van der Waals surface area contributed by atoms with Crippen LogP contribution in [-0.2, 0) is 14.3 Å². The van der Waals surface area contributed by atoms with Gasteiger partial charge in [0, 0.05) is 12.2 Å². The molecule has 7 nitrogen and oxygen atoms in total. The zero-order valence-electron chi connectivity index (χ0n) is 7.47. The maximum atomic E-state index is 9.60. The Hall–Kier alpha value is -2.05. The Bertz CT molecular complexity index is 218. The van der Waals surface area contributed by atoms with E-state index in [0.717, 1.165) is 0 Å². The molecule has 4 N–H and O–H groups in total. The number of hydrogen-bond donors (Lipinski definition) is 3. The van der Waals surface area contributed by atoms with E-state index in [1.165, 1.54) is 0 Å². The number of rotatable bonds is 3. The molecular formula is C7H11NO6. The number of hydrogen-bond acceptors (Lipinski definition) is 4. The summed E-state index contributed by atoms with van der Waals surface area (Å²) in [5, 5.41) is 15.6. The largest absolute Gasteiger partial charge is 0.478 e. The molecule has 0 saturated carbocycles. The molecule has 0 saturated heterocycles. The van der Waals surface area contributed by atoms with Gasteiger partial charge in [0.15, 0.2) is 0 Å². The molecule has 0 aliphatic carbocycles. The van der Waals surface area contributed by atoms with Gasteiger partial charge in [-0.25, -0.2) is 14.4 Å². The number of primary amides is 1. The van der Waals surface area contributed by atoms with Crippen LogP contribution in [0.25, 0.3) is 0 Å². The number of amides is 1. The Balaban J connectivity index is 0. The molecular weight excluding hydrogens is 194 g/mol. The van der Waals surface area contributed by atoms with E-state index in [2.05, 4.69) is 10.5 Å². The van der Waals surface area contributed by atoms with Crippen molar-refractivity contribution in [1.82, 2.24) is 0 Å². The zero-order chi connectivity index (χ0) is 11.6. The summed E-state index contributed by atoms with van der Waals surface area (Å²) in [6.07, 6.45) is 0.405. The number of nitrogens with two attached hydrogens (primary N) is 1. The molecule has 0 radical (unpaired) electrons. The first-order chi connectivity index (χ1) is 6.40. The number of carbonyl (C=O) groups is 3. The van der Waals surface area contributed by atoms with Crippen LogP contribution in [0.3, 0.4) is 0 Å². The van der Waals surface area contributed by atoms with Crippen molar-refractivity contribution in [3.05, 3.63) is 12.2 Å². The normalized spacial score (nSPS) is 8.64. The van der Waals surface area contributed by atoms with Gasteiger partial charge in [-0.2, -0.15) is 0 Å². The van der Waals surface area contributed by atoms with Gasteiger partial charge in [-0.05, 0) is 6.92 Å². The van der Waals surface area contributed by atoms with Crippen molar-refractivity contribution >= 4 is 18.0 Å². The number of ether oxygens (including phenoxy) is 1. The number of carboxylic acid groups (broad SMARTS) is 2. The van der Waals surface area contributed by atoms with Gasteiger partial charge >= 0.3 is 18.0 Å². The second-order valence-corrected chi connectivity index (χ2v) is 1.76. The molecule has 14 heavy (non-hydrogen) atoms. The zero-order valence-corrected chi connectivity index (χ0v) is 7.47. The van der Waals surface area contributed by atoms with E-state index >= 15 is 0 Å². The van der Waals surface area contributed by atoms with Gasteiger partial charge < -0.3 is 20.7 Å². The van der Waals surface area contributed by atoms with Crippen LogP contribution in [-0.4, -0.2) is 34.9 Å². The lowest BCUT2D eigenvalue weighted by atomic mass is 10.5. The fourth-order valence-corrected chi connectivity index (χ4v) is 0.285. The molecule has 80 valence electrons. The molecule has 0 rings (SSSR count). The Morgan fingerprint density at radius 2 is 1.57 bits per heavy atom. The second-order valence-electron chi connectivity index (χ2n) is 1.76. The first-order valence-electron chi connectivity index (χ1n) is 3.46. The number of carboxylic acids is 2. The summed E-state index contributed by atoms with van der Waals surface area (Å²) in [6.45, 7) is 2.06. The molecule has 0 fully saturated rings. The van der Waals surface area contributed by atoms with Crippen LogP contribution >= 0.6 is 0 Å². The third kappa shape index (κ3) is 22.5. The minimum atomic E-state index is -1.26. The van der Waals surface area contributed by atoms with Crippen molar-refractivity contribution in [2.45, 2.75) is 6.92 Å². The van der Waals surface area contributed by atoms with Crippen molar-refractivity contribution < 1.29 is 29.3 Å². The summed E-state index contributed by atoms with van der Waals surface area (Å²) < 4.78 is 4.18. The molecule has 0 aliphatic rings. The van der Waals surface area contributed by atoms with Crippen molar-refractivity contribution in [3.63, 3.8) is 0 Å². The Kier molecular flexibility index (Phi) is 9.35. The predicted octanol–water partition coefficient (Wildman–Crippen LogP) is -0.187. The monoisotopic (exact) mass is 205 g/mol.